The molecule has 4 rings (SSSR count). The van der Waals surface area contributed by atoms with E-state index in [1.807, 2.05) is 23.4 Å². The van der Waals surface area contributed by atoms with Gasteiger partial charge in [-0.05, 0) is 45.4 Å². The fraction of sp³-hybridized carbons (Fsp3) is 0.833. The second-order valence-corrected chi connectivity index (χ2v) is 7.87. The second kappa shape index (κ2) is 6.68. The SMILES string of the molecule is Cc1nc(C)n(C[C@@H]2CC[C@@]3(COCCN(C(=O)CC4CC4)C3)O2)n1. The minimum Gasteiger partial charge on any atom is -0.377 e. The van der Waals surface area contributed by atoms with Crippen LogP contribution in [0.2, 0.25) is 0 Å². The van der Waals surface area contributed by atoms with E-state index < -0.39 is 0 Å². The number of aromatic nitrogens is 3. The number of carbonyl (C=O) groups is 1. The highest BCUT2D eigenvalue weighted by atomic mass is 16.6. The molecule has 1 amide bonds. The lowest BCUT2D eigenvalue weighted by Crippen LogP contribution is -2.47. The lowest BCUT2D eigenvalue weighted by atomic mass is 10.00. The zero-order chi connectivity index (χ0) is 17.4. The van der Waals surface area contributed by atoms with Crippen LogP contribution in [-0.2, 0) is 20.8 Å². The van der Waals surface area contributed by atoms with E-state index in [1.54, 1.807) is 0 Å². The van der Waals surface area contributed by atoms with Gasteiger partial charge in [0.05, 0.1) is 32.4 Å². The predicted octanol–water partition coefficient (Wildman–Crippen LogP) is 1.47. The van der Waals surface area contributed by atoms with Crippen molar-refractivity contribution in [2.24, 2.45) is 5.92 Å². The summed E-state index contributed by atoms with van der Waals surface area (Å²) in [5, 5.41) is 4.44. The Bertz CT molecular complexity index is 642. The Balaban J connectivity index is 1.40. The molecule has 2 saturated heterocycles. The first kappa shape index (κ1) is 17.0. The Morgan fingerprint density at radius 2 is 2.16 bits per heavy atom. The lowest BCUT2D eigenvalue weighted by molar-refractivity contribution is -0.136. The van der Waals surface area contributed by atoms with Crippen molar-refractivity contribution in [1.29, 1.82) is 0 Å². The number of aryl methyl sites for hydroxylation is 2. The summed E-state index contributed by atoms with van der Waals surface area (Å²) in [7, 11) is 0. The second-order valence-electron chi connectivity index (χ2n) is 7.87. The number of hydrogen-bond donors (Lipinski definition) is 0. The Kier molecular flexibility index (Phi) is 4.54. The van der Waals surface area contributed by atoms with Crippen LogP contribution in [0.15, 0.2) is 0 Å². The third-order valence-electron chi connectivity index (χ3n) is 5.54. The summed E-state index contributed by atoms with van der Waals surface area (Å²) in [5.74, 6) is 2.59. The monoisotopic (exact) mass is 348 g/mol. The largest absolute Gasteiger partial charge is 0.377 e. The fourth-order valence-corrected chi connectivity index (χ4v) is 3.99. The molecule has 3 fully saturated rings. The molecule has 7 heteroatoms. The zero-order valence-corrected chi connectivity index (χ0v) is 15.2. The van der Waals surface area contributed by atoms with Crippen molar-refractivity contribution < 1.29 is 14.3 Å². The summed E-state index contributed by atoms with van der Waals surface area (Å²) < 4.78 is 14.2. The van der Waals surface area contributed by atoms with Gasteiger partial charge in [-0.1, -0.05) is 0 Å². The van der Waals surface area contributed by atoms with Gasteiger partial charge in [-0.3, -0.25) is 4.79 Å². The molecule has 0 aromatic carbocycles. The summed E-state index contributed by atoms with van der Waals surface area (Å²) >= 11 is 0. The molecule has 1 aliphatic carbocycles. The summed E-state index contributed by atoms with van der Waals surface area (Å²) in [6, 6.07) is 0. The maximum atomic E-state index is 12.6. The lowest BCUT2D eigenvalue weighted by Gasteiger charge is -2.32. The van der Waals surface area contributed by atoms with E-state index in [-0.39, 0.29) is 17.6 Å². The van der Waals surface area contributed by atoms with Crippen LogP contribution in [0, 0.1) is 19.8 Å². The van der Waals surface area contributed by atoms with Crippen LogP contribution >= 0.6 is 0 Å². The molecule has 25 heavy (non-hydrogen) atoms. The highest BCUT2D eigenvalue weighted by Crippen LogP contribution is 2.36. The van der Waals surface area contributed by atoms with Crippen LogP contribution in [-0.4, -0.2) is 63.6 Å². The number of carbonyl (C=O) groups excluding carboxylic acids is 1. The van der Waals surface area contributed by atoms with Gasteiger partial charge in [-0.15, -0.1) is 0 Å². The first-order chi connectivity index (χ1) is 12.0. The molecular formula is C18H28N4O3. The third kappa shape index (κ3) is 3.87. The van der Waals surface area contributed by atoms with E-state index in [2.05, 4.69) is 10.1 Å². The molecule has 2 atom stereocenters. The number of ether oxygens (including phenoxy) is 2. The van der Waals surface area contributed by atoms with Gasteiger partial charge in [-0.25, -0.2) is 9.67 Å². The smallest absolute Gasteiger partial charge is 0.223 e. The van der Waals surface area contributed by atoms with Gasteiger partial charge in [0.25, 0.3) is 0 Å². The molecule has 1 saturated carbocycles. The Labute approximate surface area is 148 Å². The molecule has 0 N–H and O–H groups in total. The van der Waals surface area contributed by atoms with Crippen molar-refractivity contribution in [3.63, 3.8) is 0 Å². The molecule has 1 aromatic heterocycles. The van der Waals surface area contributed by atoms with Crippen molar-refractivity contribution in [3.8, 4) is 0 Å². The van der Waals surface area contributed by atoms with Gasteiger partial charge >= 0.3 is 0 Å². The summed E-state index contributed by atoms with van der Waals surface area (Å²) in [5.41, 5.74) is -0.357. The molecule has 7 nitrogen and oxygen atoms in total. The van der Waals surface area contributed by atoms with Crippen LogP contribution in [0.1, 0.15) is 43.8 Å². The number of amides is 1. The number of nitrogens with zero attached hydrogens (tertiary/aromatic N) is 4. The van der Waals surface area contributed by atoms with Crippen LogP contribution < -0.4 is 0 Å². The highest BCUT2D eigenvalue weighted by molar-refractivity contribution is 5.76. The van der Waals surface area contributed by atoms with Gasteiger partial charge in [0.15, 0.2) is 0 Å². The van der Waals surface area contributed by atoms with Gasteiger partial charge in [-0.2, -0.15) is 5.10 Å². The molecule has 138 valence electrons. The molecule has 1 aromatic rings. The van der Waals surface area contributed by atoms with Gasteiger partial charge in [0, 0.05) is 13.0 Å². The van der Waals surface area contributed by atoms with Gasteiger partial charge in [0.2, 0.25) is 5.91 Å². The maximum absolute atomic E-state index is 12.6. The van der Waals surface area contributed by atoms with Gasteiger partial charge < -0.3 is 14.4 Å². The molecule has 3 heterocycles. The first-order valence-electron chi connectivity index (χ1n) is 9.44. The van der Waals surface area contributed by atoms with Crippen LogP contribution in [0.25, 0.3) is 0 Å². The average molecular weight is 348 g/mol. The van der Waals surface area contributed by atoms with E-state index in [9.17, 15) is 4.79 Å². The first-order valence-corrected chi connectivity index (χ1v) is 9.44. The molecule has 0 unspecified atom stereocenters. The van der Waals surface area contributed by atoms with E-state index >= 15 is 0 Å². The van der Waals surface area contributed by atoms with Crippen molar-refractivity contribution >= 4 is 5.91 Å². The van der Waals surface area contributed by atoms with E-state index in [0.717, 1.165) is 24.5 Å². The quantitative estimate of drug-likeness (QED) is 0.824. The number of rotatable bonds is 4. The van der Waals surface area contributed by atoms with E-state index in [0.29, 0.717) is 45.2 Å². The Morgan fingerprint density at radius 1 is 1.32 bits per heavy atom. The summed E-state index contributed by atoms with van der Waals surface area (Å²) in [6.45, 7) is 7.11. The highest BCUT2D eigenvalue weighted by Gasteiger charge is 2.44. The van der Waals surface area contributed by atoms with E-state index in [1.165, 1.54) is 12.8 Å². The Hall–Kier alpha value is -1.47. The van der Waals surface area contributed by atoms with Crippen molar-refractivity contribution in [3.05, 3.63) is 11.6 Å². The summed E-state index contributed by atoms with van der Waals surface area (Å²) in [4.78, 5) is 18.9. The summed E-state index contributed by atoms with van der Waals surface area (Å²) in [6.07, 6.45) is 5.09. The topological polar surface area (TPSA) is 69.5 Å². The minimum atomic E-state index is -0.357. The molecule has 0 radical (unpaired) electrons. The molecule has 0 bridgehead atoms. The van der Waals surface area contributed by atoms with Crippen LogP contribution in [0.3, 0.4) is 0 Å². The third-order valence-corrected chi connectivity index (χ3v) is 5.54. The van der Waals surface area contributed by atoms with Crippen LogP contribution in [0.4, 0.5) is 0 Å². The molecule has 2 aliphatic heterocycles. The normalized spacial score (nSPS) is 30.0. The number of hydrogen-bond acceptors (Lipinski definition) is 5. The fourth-order valence-electron chi connectivity index (χ4n) is 3.99. The maximum Gasteiger partial charge on any atom is 0.223 e. The average Bonchev–Trinajstić information content (AvgIpc) is 3.25. The van der Waals surface area contributed by atoms with Crippen molar-refractivity contribution in [1.82, 2.24) is 19.7 Å². The van der Waals surface area contributed by atoms with Crippen LogP contribution in [0.5, 0.6) is 0 Å². The van der Waals surface area contributed by atoms with Crippen molar-refractivity contribution in [2.75, 3.05) is 26.3 Å². The van der Waals surface area contributed by atoms with E-state index in [4.69, 9.17) is 9.47 Å². The molecule has 3 aliphatic rings. The minimum absolute atomic E-state index is 0.0990. The standard InChI is InChI=1S/C18H28N4O3/c1-13-19-14(2)22(20-13)10-16-5-6-18(25-16)11-21(7-8-24-12-18)17(23)9-15-3-4-15/h15-16H,3-12H2,1-2H3/t16-,18+/m0/s1. The zero-order valence-electron chi connectivity index (χ0n) is 15.2. The predicted molar refractivity (Wildman–Crippen MR) is 91.1 cm³/mol. The molecule has 1 spiro atoms. The molecular weight excluding hydrogens is 320 g/mol. The Morgan fingerprint density at radius 3 is 2.88 bits per heavy atom. The van der Waals surface area contributed by atoms with Gasteiger partial charge in [0.1, 0.15) is 17.2 Å². The van der Waals surface area contributed by atoms with Crippen molar-refractivity contribution in [2.45, 2.75) is 64.2 Å².